The molecule has 2 rings (SSSR count). The van der Waals surface area contributed by atoms with Crippen LogP contribution >= 0.6 is 0 Å². The second-order valence-corrected chi connectivity index (χ2v) is 8.61. The molecule has 1 N–H and O–H groups in total. The van der Waals surface area contributed by atoms with Gasteiger partial charge < -0.3 is 5.32 Å². The Balaban J connectivity index is 2.08. The molecule has 0 spiro atoms. The summed E-state index contributed by atoms with van der Waals surface area (Å²) in [6.45, 7) is 6.88. The molecular weight excluding hydrogens is 312 g/mol. The first-order chi connectivity index (χ1) is 10.7. The number of hydrogen-bond acceptors (Lipinski definition) is 3. The highest BCUT2D eigenvalue weighted by Gasteiger charge is 2.32. The lowest BCUT2D eigenvalue weighted by Gasteiger charge is -2.21. The van der Waals surface area contributed by atoms with Gasteiger partial charge in [-0.1, -0.05) is 13.8 Å². The van der Waals surface area contributed by atoms with E-state index < -0.39 is 10.0 Å². The topological polar surface area (TPSA) is 66.5 Å². The van der Waals surface area contributed by atoms with Crippen LogP contribution in [-0.2, 0) is 16.4 Å². The van der Waals surface area contributed by atoms with Crippen molar-refractivity contribution in [2.45, 2.75) is 46.1 Å². The number of nitrogens with zero attached hydrogens (tertiary/aromatic N) is 1. The van der Waals surface area contributed by atoms with Gasteiger partial charge in [0.2, 0.25) is 10.0 Å². The average molecular weight is 338 g/mol. The zero-order valence-electron chi connectivity index (χ0n) is 14.3. The van der Waals surface area contributed by atoms with Gasteiger partial charge in [0.05, 0.1) is 11.9 Å². The highest BCUT2D eigenvalue weighted by atomic mass is 32.2. The summed E-state index contributed by atoms with van der Waals surface area (Å²) >= 11 is 0. The van der Waals surface area contributed by atoms with Crippen LogP contribution in [0.3, 0.4) is 0 Å². The van der Waals surface area contributed by atoms with Gasteiger partial charge in [-0.25, -0.2) is 8.42 Å². The van der Waals surface area contributed by atoms with Crippen molar-refractivity contribution in [1.29, 1.82) is 0 Å². The number of carbonyl (C=O) groups is 1. The molecule has 1 aromatic rings. The number of anilines is 1. The summed E-state index contributed by atoms with van der Waals surface area (Å²) in [7, 11) is -3.29. The summed E-state index contributed by atoms with van der Waals surface area (Å²) in [5, 5.41) is 2.93. The molecular formula is C17H26N2O3S. The highest BCUT2D eigenvalue weighted by molar-refractivity contribution is 7.92. The maximum Gasteiger partial charge on any atom is 0.251 e. The molecule has 23 heavy (non-hydrogen) atoms. The van der Waals surface area contributed by atoms with Crippen LogP contribution in [0.25, 0.3) is 0 Å². The number of amides is 1. The van der Waals surface area contributed by atoms with Crippen molar-refractivity contribution < 1.29 is 13.2 Å². The van der Waals surface area contributed by atoms with Gasteiger partial charge in [0, 0.05) is 18.2 Å². The Kier molecular flexibility index (Phi) is 5.34. The summed E-state index contributed by atoms with van der Waals surface area (Å²) in [4.78, 5) is 12.2. The van der Waals surface area contributed by atoms with E-state index in [-0.39, 0.29) is 11.9 Å². The molecule has 0 saturated carbocycles. The monoisotopic (exact) mass is 338 g/mol. The van der Waals surface area contributed by atoms with Gasteiger partial charge in [0.1, 0.15) is 0 Å². The van der Waals surface area contributed by atoms with E-state index in [0.717, 1.165) is 18.4 Å². The molecule has 0 saturated heterocycles. The van der Waals surface area contributed by atoms with Crippen molar-refractivity contribution in [1.82, 2.24) is 5.32 Å². The number of fused-ring (bicyclic) bond motifs is 1. The minimum absolute atomic E-state index is 0.0954. The zero-order chi connectivity index (χ0) is 17.2. The van der Waals surface area contributed by atoms with Crippen molar-refractivity contribution in [2.75, 3.05) is 17.1 Å². The fraction of sp³-hybridized carbons (Fsp3) is 0.588. The summed E-state index contributed by atoms with van der Waals surface area (Å²) in [5.41, 5.74) is 2.20. The quantitative estimate of drug-likeness (QED) is 0.811. The Morgan fingerprint density at radius 1 is 1.39 bits per heavy atom. The molecule has 1 heterocycles. The molecule has 0 fully saturated rings. The fourth-order valence-electron chi connectivity index (χ4n) is 3.06. The second kappa shape index (κ2) is 6.91. The second-order valence-electron chi connectivity index (χ2n) is 6.75. The number of hydrogen-bond donors (Lipinski definition) is 1. The molecule has 0 radical (unpaired) electrons. The predicted octanol–water partition coefficient (Wildman–Crippen LogP) is 2.56. The van der Waals surface area contributed by atoms with Crippen molar-refractivity contribution in [3.8, 4) is 0 Å². The molecule has 1 aliphatic heterocycles. The molecule has 1 unspecified atom stereocenters. The van der Waals surface area contributed by atoms with E-state index >= 15 is 0 Å². The van der Waals surface area contributed by atoms with Crippen LogP contribution in [0.1, 0.15) is 49.5 Å². The molecule has 5 nitrogen and oxygen atoms in total. The van der Waals surface area contributed by atoms with Crippen LogP contribution < -0.4 is 9.62 Å². The summed E-state index contributed by atoms with van der Waals surface area (Å²) in [5.74, 6) is 0.539. The summed E-state index contributed by atoms with van der Waals surface area (Å²) < 4.78 is 25.2. The van der Waals surface area contributed by atoms with Crippen molar-refractivity contribution in [3.05, 3.63) is 29.3 Å². The van der Waals surface area contributed by atoms with Crippen LogP contribution in [-0.4, -0.2) is 33.2 Å². The molecule has 6 heteroatoms. The molecule has 0 aliphatic carbocycles. The number of carbonyl (C=O) groups excluding carboxylic acids is 1. The lowest BCUT2D eigenvalue weighted by Crippen LogP contribution is -2.34. The molecule has 0 bridgehead atoms. The molecule has 1 atom stereocenters. The van der Waals surface area contributed by atoms with E-state index in [0.29, 0.717) is 30.1 Å². The molecule has 1 aliphatic rings. The standard InChI is InChI=1S/C17H26N2O3S/c1-12(2)6-5-9-18-17(20)14-7-8-16-15(11-14)10-13(3)19(16)23(4,21)22/h7-8,11-13H,5-6,9-10H2,1-4H3,(H,18,20). The van der Waals surface area contributed by atoms with E-state index in [1.807, 2.05) is 13.0 Å². The number of benzene rings is 1. The van der Waals surface area contributed by atoms with Crippen LogP contribution in [0.2, 0.25) is 0 Å². The van der Waals surface area contributed by atoms with Gasteiger partial charge in [0.25, 0.3) is 5.91 Å². The van der Waals surface area contributed by atoms with Gasteiger partial charge in [0.15, 0.2) is 0 Å². The van der Waals surface area contributed by atoms with Gasteiger partial charge >= 0.3 is 0 Å². The molecule has 1 aromatic carbocycles. The van der Waals surface area contributed by atoms with Crippen LogP contribution in [0, 0.1) is 5.92 Å². The van der Waals surface area contributed by atoms with E-state index in [1.54, 1.807) is 12.1 Å². The van der Waals surface area contributed by atoms with E-state index in [9.17, 15) is 13.2 Å². The van der Waals surface area contributed by atoms with Crippen LogP contribution in [0.5, 0.6) is 0 Å². The lowest BCUT2D eigenvalue weighted by molar-refractivity contribution is 0.0952. The SMILES string of the molecule is CC(C)CCCNC(=O)c1ccc2c(c1)CC(C)N2S(C)(=O)=O. The Bertz CT molecular complexity index is 683. The van der Waals surface area contributed by atoms with Crippen molar-refractivity contribution >= 4 is 21.6 Å². The van der Waals surface area contributed by atoms with Gasteiger partial charge in [-0.15, -0.1) is 0 Å². The Hall–Kier alpha value is -1.56. The number of nitrogens with one attached hydrogen (secondary N) is 1. The maximum absolute atomic E-state index is 12.2. The van der Waals surface area contributed by atoms with E-state index in [4.69, 9.17) is 0 Å². The average Bonchev–Trinajstić information content (AvgIpc) is 2.77. The zero-order valence-corrected chi connectivity index (χ0v) is 15.1. The lowest BCUT2D eigenvalue weighted by atomic mass is 10.1. The molecule has 0 aromatic heterocycles. The fourth-order valence-corrected chi connectivity index (χ4v) is 4.33. The van der Waals surface area contributed by atoms with Crippen molar-refractivity contribution in [3.63, 3.8) is 0 Å². The third-order valence-corrected chi connectivity index (χ3v) is 5.37. The Labute approximate surface area is 139 Å². The smallest absolute Gasteiger partial charge is 0.251 e. The number of rotatable bonds is 6. The van der Waals surface area contributed by atoms with Gasteiger partial charge in [-0.2, -0.15) is 0 Å². The predicted molar refractivity (Wildman–Crippen MR) is 93.3 cm³/mol. The molecule has 1 amide bonds. The first kappa shape index (κ1) is 17.8. The molecule has 128 valence electrons. The summed E-state index contributed by atoms with van der Waals surface area (Å²) in [6.07, 6.45) is 3.91. The Morgan fingerprint density at radius 2 is 2.09 bits per heavy atom. The Morgan fingerprint density at radius 3 is 2.70 bits per heavy atom. The van der Waals surface area contributed by atoms with Crippen LogP contribution in [0.4, 0.5) is 5.69 Å². The first-order valence-electron chi connectivity index (χ1n) is 8.10. The highest BCUT2D eigenvalue weighted by Crippen LogP contribution is 2.34. The normalized spacial score (nSPS) is 17.4. The largest absolute Gasteiger partial charge is 0.352 e. The summed E-state index contributed by atoms with van der Waals surface area (Å²) in [6, 6.07) is 5.15. The van der Waals surface area contributed by atoms with E-state index in [2.05, 4.69) is 19.2 Å². The van der Waals surface area contributed by atoms with E-state index in [1.165, 1.54) is 10.6 Å². The minimum atomic E-state index is -3.29. The van der Waals surface area contributed by atoms with Crippen molar-refractivity contribution in [2.24, 2.45) is 5.92 Å². The van der Waals surface area contributed by atoms with Gasteiger partial charge in [-0.3, -0.25) is 9.10 Å². The minimum Gasteiger partial charge on any atom is -0.352 e. The number of sulfonamides is 1. The van der Waals surface area contributed by atoms with Crippen LogP contribution in [0.15, 0.2) is 18.2 Å². The first-order valence-corrected chi connectivity index (χ1v) is 9.95. The third-order valence-electron chi connectivity index (χ3n) is 4.10. The maximum atomic E-state index is 12.2. The third kappa shape index (κ3) is 4.25. The van der Waals surface area contributed by atoms with Gasteiger partial charge in [-0.05, 0) is 55.9 Å².